The maximum absolute atomic E-state index is 11.9. The van der Waals surface area contributed by atoms with Crippen LogP contribution in [0.1, 0.15) is 37.7 Å². The monoisotopic (exact) mass is 328 g/mol. The van der Waals surface area contributed by atoms with Gasteiger partial charge in [-0.3, -0.25) is 4.79 Å². The molecular formula is C21H25NO2. The predicted molar refractivity (Wildman–Crippen MR) is 95.7 cm³/mol. The van der Waals surface area contributed by atoms with Gasteiger partial charge in [0, 0.05) is 39.4 Å². The number of ether oxygens (including phenoxy) is 1. The molecule has 1 fully saturated rings. The van der Waals surface area contributed by atoms with E-state index in [9.17, 15) is 4.79 Å². The molecule has 24 heavy (non-hydrogen) atoms. The van der Waals surface area contributed by atoms with Gasteiger partial charge in [0.15, 0.2) is 0 Å². The minimum atomic E-state index is -1.21. The first-order chi connectivity index (χ1) is 13.7. The predicted octanol–water partition coefficient (Wildman–Crippen LogP) is 3.78. The summed E-state index contributed by atoms with van der Waals surface area (Å²) in [5.74, 6) is -0.519. The zero-order valence-electron chi connectivity index (χ0n) is 18.9. The van der Waals surface area contributed by atoms with E-state index >= 15 is 0 Å². The average molecular weight is 328 g/mol. The summed E-state index contributed by atoms with van der Waals surface area (Å²) in [4.78, 5) is 14.1. The average Bonchev–Trinajstić information content (AvgIpc) is 2.71. The van der Waals surface area contributed by atoms with Gasteiger partial charge in [0.1, 0.15) is 5.60 Å². The van der Waals surface area contributed by atoms with Crippen LogP contribution < -0.4 is 0 Å². The molecule has 3 heteroatoms. The van der Waals surface area contributed by atoms with Gasteiger partial charge in [0.05, 0.1) is 6.85 Å². The van der Waals surface area contributed by atoms with Crippen LogP contribution in [0, 0.1) is 0 Å². The molecule has 1 heterocycles. The van der Waals surface area contributed by atoms with Crippen LogP contribution in [-0.2, 0) is 21.6 Å². The van der Waals surface area contributed by atoms with Crippen LogP contribution >= 0.6 is 0 Å². The van der Waals surface area contributed by atoms with Gasteiger partial charge in [0.2, 0.25) is 0 Å². The lowest BCUT2D eigenvalue weighted by Gasteiger charge is -2.41. The first-order valence-electron chi connectivity index (χ1n) is 10.8. The molecule has 3 rings (SSSR count). The summed E-state index contributed by atoms with van der Waals surface area (Å²) in [5, 5.41) is 0. The largest absolute Gasteiger partial charge is 0.454 e. The van der Waals surface area contributed by atoms with Crippen molar-refractivity contribution in [3.05, 3.63) is 71.7 Å². The van der Waals surface area contributed by atoms with Gasteiger partial charge in [-0.25, -0.2) is 0 Å². The number of esters is 1. The molecule has 0 N–H and O–H groups in total. The Labute approximate surface area is 151 Å². The number of carbonyl (C=O) groups excluding carboxylic acids is 1. The van der Waals surface area contributed by atoms with E-state index < -0.39 is 29.7 Å². The van der Waals surface area contributed by atoms with Crippen molar-refractivity contribution in [2.45, 2.75) is 31.8 Å². The first kappa shape index (κ1) is 11.4. The molecule has 0 atom stereocenters. The minimum Gasteiger partial charge on any atom is -0.454 e. The number of hydrogen-bond acceptors (Lipinski definition) is 3. The molecular weight excluding hydrogens is 298 g/mol. The standard InChI is InChI=1S/C21H25NO2/c1-18(23)24-21(20-10-6-3-7-11-20)13-16-22(17-14-21)15-12-19-8-4-2-5-9-19/h2-11H,12-17H2,1H3/i3D,6D,7D,10D,11D. The number of rotatable bonds is 5. The van der Waals surface area contributed by atoms with Gasteiger partial charge in [-0.2, -0.15) is 0 Å². The topological polar surface area (TPSA) is 29.5 Å². The lowest BCUT2D eigenvalue weighted by atomic mass is 9.84. The molecule has 0 unspecified atom stereocenters. The van der Waals surface area contributed by atoms with Crippen molar-refractivity contribution < 1.29 is 16.4 Å². The number of hydrogen-bond donors (Lipinski definition) is 0. The summed E-state index contributed by atoms with van der Waals surface area (Å²) in [6.07, 6.45) is 1.67. The van der Waals surface area contributed by atoms with Crippen molar-refractivity contribution in [1.82, 2.24) is 4.90 Å². The molecule has 1 saturated heterocycles. The summed E-state index contributed by atoms with van der Waals surface area (Å²) < 4.78 is 46.0. The minimum absolute atomic E-state index is 0.0846. The van der Waals surface area contributed by atoms with E-state index in [-0.39, 0.29) is 17.6 Å². The molecule has 2 aromatic carbocycles. The molecule has 0 bridgehead atoms. The maximum Gasteiger partial charge on any atom is 0.303 e. The van der Waals surface area contributed by atoms with Gasteiger partial charge in [-0.1, -0.05) is 60.5 Å². The van der Waals surface area contributed by atoms with E-state index in [1.165, 1.54) is 12.5 Å². The Kier molecular flexibility index (Phi) is 3.63. The fourth-order valence-corrected chi connectivity index (χ4v) is 3.23. The maximum atomic E-state index is 11.9. The molecule has 126 valence electrons. The number of piperidine rings is 1. The third-order valence-corrected chi connectivity index (χ3v) is 4.52. The highest BCUT2D eigenvalue weighted by molar-refractivity contribution is 5.67. The zero-order valence-corrected chi connectivity index (χ0v) is 13.9. The van der Waals surface area contributed by atoms with Crippen molar-refractivity contribution in [2.75, 3.05) is 19.6 Å². The normalized spacial score (nSPS) is 20.3. The van der Waals surface area contributed by atoms with E-state index in [0.717, 1.165) is 13.0 Å². The Morgan fingerprint density at radius 2 is 1.83 bits per heavy atom. The molecule has 0 aliphatic carbocycles. The molecule has 3 nitrogen and oxygen atoms in total. The van der Waals surface area contributed by atoms with E-state index in [0.29, 0.717) is 25.9 Å². The summed E-state index contributed by atoms with van der Waals surface area (Å²) in [6.45, 7) is 3.37. The Morgan fingerprint density at radius 3 is 2.46 bits per heavy atom. The number of likely N-dealkylation sites (tertiary alicyclic amines) is 1. The second-order valence-corrected chi connectivity index (χ2v) is 6.17. The van der Waals surface area contributed by atoms with E-state index in [1.807, 2.05) is 18.2 Å². The van der Waals surface area contributed by atoms with Crippen molar-refractivity contribution in [3.63, 3.8) is 0 Å². The molecule has 2 aromatic rings. The highest BCUT2D eigenvalue weighted by Gasteiger charge is 2.38. The lowest BCUT2D eigenvalue weighted by molar-refractivity contribution is -0.164. The fourth-order valence-electron chi connectivity index (χ4n) is 3.23. The van der Waals surface area contributed by atoms with E-state index in [4.69, 9.17) is 11.6 Å². The highest BCUT2D eigenvalue weighted by atomic mass is 16.6. The number of benzene rings is 2. The highest BCUT2D eigenvalue weighted by Crippen LogP contribution is 2.36. The fraction of sp³-hybridized carbons (Fsp3) is 0.381. The lowest BCUT2D eigenvalue weighted by Crippen LogP contribution is -2.45. The van der Waals surface area contributed by atoms with Crippen molar-refractivity contribution in [1.29, 1.82) is 0 Å². The van der Waals surface area contributed by atoms with Crippen molar-refractivity contribution in [2.24, 2.45) is 0 Å². The van der Waals surface area contributed by atoms with Gasteiger partial charge in [0.25, 0.3) is 0 Å². The quantitative estimate of drug-likeness (QED) is 0.782. The molecule has 1 aliphatic rings. The van der Waals surface area contributed by atoms with Crippen LogP contribution in [0.25, 0.3) is 0 Å². The van der Waals surface area contributed by atoms with Crippen LogP contribution in [0.15, 0.2) is 60.5 Å². The molecule has 0 aromatic heterocycles. The summed E-state index contributed by atoms with van der Waals surface area (Å²) in [6, 6.07) is 8.33. The smallest absolute Gasteiger partial charge is 0.303 e. The van der Waals surface area contributed by atoms with Crippen LogP contribution in [0.3, 0.4) is 0 Å². The van der Waals surface area contributed by atoms with E-state index in [1.54, 1.807) is 0 Å². The molecule has 0 radical (unpaired) electrons. The summed E-state index contributed by atoms with van der Waals surface area (Å²) in [7, 11) is 0. The summed E-state index contributed by atoms with van der Waals surface area (Å²) in [5.41, 5.74) is 0.124. The first-order valence-corrected chi connectivity index (χ1v) is 8.28. The van der Waals surface area contributed by atoms with Crippen LogP contribution in [0.2, 0.25) is 0 Å². The van der Waals surface area contributed by atoms with Crippen molar-refractivity contribution >= 4 is 5.97 Å². The third-order valence-electron chi connectivity index (χ3n) is 4.52. The molecule has 0 saturated carbocycles. The van der Waals surface area contributed by atoms with Crippen LogP contribution in [-0.4, -0.2) is 30.5 Å². The SMILES string of the molecule is [2H]c1c([2H])c([2H])c(C2(OC(C)=O)CCN(CCc3ccccc3)CC2)c([2H])c1[2H]. The van der Waals surface area contributed by atoms with Gasteiger partial charge < -0.3 is 9.64 Å². The Bertz CT molecular complexity index is 867. The second kappa shape index (κ2) is 7.63. The second-order valence-electron chi connectivity index (χ2n) is 6.17. The van der Waals surface area contributed by atoms with Crippen LogP contribution in [0.5, 0.6) is 0 Å². The van der Waals surface area contributed by atoms with Crippen molar-refractivity contribution in [3.8, 4) is 0 Å². The van der Waals surface area contributed by atoms with Gasteiger partial charge >= 0.3 is 5.97 Å². The number of carbonyl (C=O) groups is 1. The van der Waals surface area contributed by atoms with Crippen LogP contribution in [0.4, 0.5) is 0 Å². The Balaban J connectivity index is 1.84. The van der Waals surface area contributed by atoms with Gasteiger partial charge in [-0.15, -0.1) is 0 Å². The summed E-state index contributed by atoms with van der Waals surface area (Å²) >= 11 is 0. The Morgan fingerprint density at radius 1 is 1.17 bits per heavy atom. The number of nitrogens with zero attached hydrogens (tertiary/aromatic N) is 1. The molecule has 1 aliphatic heterocycles. The van der Waals surface area contributed by atoms with E-state index in [2.05, 4.69) is 17.0 Å². The third kappa shape index (κ3) is 4.04. The Hall–Kier alpha value is -2.13. The molecule has 0 amide bonds. The van der Waals surface area contributed by atoms with Gasteiger partial charge in [-0.05, 0) is 17.5 Å². The molecule has 0 spiro atoms. The zero-order chi connectivity index (χ0) is 21.2.